The molecule has 0 aliphatic carbocycles. The number of carbonyl (C=O) groups excluding carboxylic acids is 1. The summed E-state index contributed by atoms with van der Waals surface area (Å²) in [5, 5.41) is 47.1. The molecule has 0 spiro atoms. The van der Waals surface area contributed by atoms with E-state index in [9.17, 15) is 49.2 Å². The second-order valence-electron chi connectivity index (χ2n) is 11.3. The second kappa shape index (κ2) is 20.7. The summed E-state index contributed by atoms with van der Waals surface area (Å²) in [4.78, 5) is 79.0. The van der Waals surface area contributed by atoms with Crippen molar-refractivity contribution in [3.8, 4) is 0 Å². The lowest BCUT2D eigenvalue weighted by Gasteiger charge is -2.38. The lowest BCUT2D eigenvalue weighted by molar-refractivity contribution is -0.144. The van der Waals surface area contributed by atoms with E-state index in [1.54, 1.807) is 9.80 Å². The largest absolute Gasteiger partial charge is 0.480 e. The molecule has 1 heterocycles. The minimum absolute atomic E-state index is 0.0556. The number of carboxylic acids is 5. The van der Waals surface area contributed by atoms with E-state index in [-0.39, 0.29) is 38.6 Å². The predicted molar refractivity (Wildman–Crippen MR) is 157 cm³/mol. The third-order valence-electron chi connectivity index (χ3n) is 7.43. The molecule has 0 saturated carbocycles. The Morgan fingerprint density at radius 1 is 0.636 bits per heavy atom. The molecule has 1 aliphatic rings. The summed E-state index contributed by atoms with van der Waals surface area (Å²) in [5.41, 5.74) is 0. The molecule has 0 amide bonds. The molecule has 0 bridgehead atoms. The number of carboxylic acid groups (broad SMARTS) is 5. The Morgan fingerprint density at radius 2 is 1.05 bits per heavy atom. The van der Waals surface area contributed by atoms with Crippen LogP contribution in [0.15, 0.2) is 0 Å². The summed E-state index contributed by atoms with van der Waals surface area (Å²) in [5.74, 6) is -5.54. The molecule has 17 nitrogen and oxygen atoms in total. The third kappa shape index (κ3) is 17.2. The SMILES string of the molecule is CC(C)C(CN1CCN(CC(=O)O)CCN(CCN(CC=O)CC(=O)O)CCN(CC(=O)O)CC1)N(CC(=O)O)CC(=O)O. The van der Waals surface area contributed by atoms with E-state index in [2.05, 4.69) is 0 Å². The van der Waals surface area contributed by atoms with E-state index in [4.69, 9.17) is 5.11 Å². The molecule has 5 N–H and O–H groups in total. The molecule has 0 radical (unpaired) electrons. The Balaban J connectivity index is 3.21. The van der Waals surface area contributed by atoms with Crippen LogP contribution in [-0.4, -0.2) is 208 Å². The van der Waals surface area contributed by atoms with Gasteiger partial charge in [0.15, 0.2) is 0 Å². The molecular weight excluding hydrogens is 584 g/mol. The van der Waals surface area contributed by atoms with E-state index in [0.717, 1.165) is 0 Å². The van der Waals surface area contributed by atoms with Crippen LogP contribution in [0.3, 0.4) is 0 Å². The Labute approximate surface area is 257 Å². The Hall–Kier alpha value is -3.22. The van der Waals surface area contributed by atoms with Crippen LogP contribution >= 0.6 is 0 Å². The number of nitrogens with zero attached hydrogens (tertiary/aromatic N) is 6. The van der Waals surface area contributed by atoms with Crippen molar-refractivity contribution in [3.63, 3.8) is 0 Å². The van der Waals surface area contributed by atoms with Gasteiger partial charge >= 0.3 is 29.8 Å². The average Bonchev–Trinajstić information content (AvgIpc) is 2.88. The summed E-state index contributed by atoms with van der Waals surface area (Å²) in [6.07, 6.45) is 0.626. The Kier molecular flexibility index (Phi) is 18.2. The summed E-state index contributed by atoms with van der Waals surface area (Å²) < 4.78 is 0. The predicted octanol–water partition coefficient (Wildman–Crippen LogP) is -2.54. The average molecular weight is 633 g/mol. The molecule has 17 heteroatoms. The van der Waals surface area contributed by atoms with Crippen LogP contribution in [0.5, 0.6) is 0 Å². The van der Waals surface area contributed by atoms with Gasteiger partial charge in [0.2, 0.25) is 0 Å². The molecule has 1 saturated heterocycles. The van der Waals surface area contributed by atoms with Gasteiger partial charge in [-0.15, -0.1) is 0 Å². The van der Waals surface area contributed by atoms with Gasteiger partial charge < -0.3 is 30.3 Å². The second-order valence-corrected chi connectivity index (χ2v) is 11.3. The van der Waals surface area contributed by atoms with Crippen LogP contribution in [0.4, 0.5) is 0 Å². The van der Waals surface area contributed by atoms with Crippen LogP contribution in [-0.2, 0) is 28.8 Å². The van der Waals surface area contributed by atoms with Crippen LogP contribution in [0, 0.1) is 5.92 Å². The van der Waals surface area contributed by atoms with Crippen molar-refractivity contribution >= 4 is 36.1 Å². The van der Waals surface area contributed by atoms with Crippen molar-refractivity contribution in [2.75, 3.05) is 111 Å². The molecule has 44 heavy (non-hydrogen) atoms. The standard InChI is InChI=1S/C27H48N6O11/c1-21(2)22(33(19-26(41)42)20-27(43)44)15-29-9-11-30(16-23(35)36)6-3-28(4-7-31(12-10-29)17-24(37)38)5-8-32(13-14-34)18-25(39)40/h14,21-22H,3-13,15-20H2,1-2H3,(H,35,36)(H,37,38)(H,39,40)(H,41,42)(H,43,44). The number of hydrogen-bond donors (Lipinski definition) is 5. The number of carbonyl (C=O) groups is 6. The fraction of sp³-hybridized carbons (Fsp3) is 0.778. The Bertz CT molecular complexity index is 905. The van der Waals surface area contributed by atoms with Crippen LogP contribution < -0.4 is 0 Å². The minimum Gasteiger partial charge on any atom is -0.480 e. The van der Waals surface area contributed by atoms with E-state index < -0.39 is 49.0 Å². The van der Waals surface area contributed by atoms with E-state index in [0.29, 0.717) is 71.7 Å². The van der Waals surface area contributed by atoms with E-state index in [1.807, 2.05) is 23.6 Å². The fourth-order valence-electron chi connectivity index (χ4n) is 5.15. The maximum absolute atomic E-state index is 11.7. The van der Waals surface area contributed by atoms with Gasteiger partial charge in [0, 0.05) is 78.0 Å². The third-order valence-corrected chi connectivity index (χ3v) is 7.43. The quantitative estimate of drug-likeness (QED) is 0.0925. The first-order valence-electron chi connectivity index (χ1n) is 14.6. The first kappa shape index (κ1) is 38.8. The Morgan fingerprint density at radius 3 is 1.41 bits per heavy atom. The molecular formula is C27H48N6O11. The van der Waals surface area contributed by atoms with Gasteiger partial charge in [-0.2, -0.15) is 0 Å². The first-order valence-corrected chi connectivity index (χ1v) is 14.6. The smallest absolute Gasteiger partial charge is 0.317 e. The summed E-state index contributed by atoms with van der Waals surface area (Å²) in [7, 11) is 0. The highest BCUT2D eigenvalue weighted by molar-refractivity contribution is 5.72. The molecule has 0 aromatic carbocycles. The van der Waals surface area contributed by atoms with E-state index in [1.165, 1.54) is 9.80 Å². The van der Waals surface area contributed by atoms with Crippen LogP contribution in [0.1, 0.15) is 13.8 Å². The maximum Gasteiger partial charge on any atom is 0.317 e. The van der Waals surface area contributed by atoms with Gasteiger partial charge in [0.05, 0.1) is 39.3 Å². The van der Waals surface area contributed by atoms with Crippen molar-refractivity contribution in [1.29, 1.82) is 0 Å². The number of hydrogen-bond acceptors (Lipinski definition) is 12. The lowest BCUT2D eigenvalue weighted by atomic mass is 10.0. The molecule has 252 valence electrons. The number of aldehydes is 1. The minimum atomic E-state index is -1.16. The van der Waals surface area contributed by atoms with Gasteiger partial charge in [-0.05, 0) is 5.92 Å². The van der Waals surface area contributed by atoms with Gasteiger partial charge in [-0.3, -0.25) is 53.4 Å². The van der Waals surface area contributed by atoms with E-state index >= 15 is 0 Å². The highest BCUT2D eigenvalue weighted by Gasteiger charge is 2.29. The molecule has 1 aliphatic heterocycles. The molecule has 0 aromatic rings. The highest BCUT2D eigenvalue weighted by Crippen LogP contribution is 2.14. The van der Waals surface area contributed by atoms with Crippen molar-refractivity contribution in [2.45, 2.75) is 19.9 Å². The highest BCUT2D eigenvalue weighted by atomic mass is 16.4. The lowest BCUT2D eigenvalue weighted by Crippen LogP contribution is -2.53. The molecule has 0 aromatic heterocycles. The fourth-order valence-corrected chi connectivity index (χ4v) is 5.15. The van der Waals surface area contributed by atoms with Crippen molar-refractivity contribution < 1.29 is 54.3 Å². The zero-order valence-corrected chi connectivity index (χ0v) is 25.6. The summed E-state index contributed by atoms with van der Waals surface area (Å²) in [6.45, 7) is 5.85. The molecule has 1 rings (SSSR count). The summed E-state index contributed by atoms with van der Waals surface area (Å²) >= 11 is 0. The zero-order valence-electron chi connectivity index (χ0n) is 25.6. The monoisotopic (exact) mass is 632 g/mol. The van der Waals surface area contributed by atoms with Crippen LogP contribution in [0.25, 0.3) is 0 Å². The van der Waals surface area contributed by atoms with Crippen molar-refractivity contribution in [3.05, 3.63) is 0 Å². The molecule has 1 fully saturated rings. The van der Waals surface area contributed by atoms with Gasteiger partial charge in [0.1, 0.15) is 6.29 Å². The topological polar surface area (TPSA) is 223 Å². The summed E-state index contributed by atoms with van der Waals surface area (Å²) in [6, 6.07) is -0.452. The maximum atomic E-state index is 11.7. The van der Waals surface area contributed by atoms with Gasteiger partial charge in [-0.25, -0.2) is 0 Å². The van der Waals surface area contributed by atoms with Crippen LogP contribution in [0.2, 0.25) is 0 Å². The molecule has 1 atom stereocenters. The van der Waals surface area contributed by atoms with Gasteiger partial charge in [-0.1, -0.05) is 13.8 Å². The number of rotatable bonds is 19. The normalized spacial score (nSPS) is 17.7. The zero-order chi connectivity index (χ0) is 33.2. The van der Waals surface area contributed by atoms with Crippen molar-refractivity contribution in [1.82, 2.24) is 29.4 Å². The number of aliphatic carboxylic acids is 5. The van der Waals surface area contributed by atoms with Gasteiger partial charge in [0.25, 0.3) is 0 Å². The first-order chi connectivity index (χ1) is 20.7. The van der Waals surface area contributed by atoms with Crippen molar-refractivity contribution in [2.24, 2.45) is 5.92 Å². The molecule has 1 unspecified atom stereocenters.